The Morgan fingerprint density at radius 3 is 1.36 bits per heavy atom. The zero-order valence-corrected chi connectivity index (χ0v) is 46.0. The predicted molar refractivity (Wildman–Crippen MR) is 307 cm³/mol. The third-order valence-electron chi connectivity index (χ3n) is 11.1. The smallest absolute Gasteiger partial charge is 0.412 e. The first-order chi connectivity index (χ1) is 35.1. The fraction of sp³-hybridized carbons (Fsp3) is 0.190. The van der Waals surface area contributed by atoms with Crippen molar-refractivity contribution in [2.24, 2.45) is 0 Å². The number of carbonyl (C=O) groups is 2. The third kappa shape index (κ3) is 12.8. The molecule has 5 N–H and O–H groups in total. The Morgan fingerprint density at radius 2 is 0.960 bits per heavy atom. The Labute approximate surface area is 453 Å². The van der Waals surface area contributed by atoms with Crippen LogP contribution in [0.3, 0.4) is 0 Å². The molecule has 0 spiro atoms. The lowest BCUT2D eigenvalue weighted by Gasteiger charge is -2.19. The van der Waals surface area contributed by atoms with E-state index in [4.69, 9.17) is 30.7 Å². The number of aromatic carboxylic acids is 1. The summed E-state index contributed by atoms with van der Waals surface area (Å²) in [5.74, 6) is -0.909. The Bertz CT molecular complexity index is 4040. The van der Waals surface area contributed by atoms with E-state index in [-0.39, 0.29) is 13.8 Å². The molecule has 0 aliphatic heterocycles. The predicted octanol–water partition coefficient (Wildman–Crippen LogP) is 12.1. The quantitative estimate of drug-likeness (QED) is 0.122. The molecule has 6 aromatic carbocycles. The number of nitrogens with zero attached hydrogens (tertiary/aromatic N) is 6. The van der Waals surface area contributed by atoms with Gasteiger partial charge in [0.25, 0.3) is 0 Å². The van der Waals surface area contributed by atoms with Crippen molar-refractivity contribution in [3.8, 4) is 33.8 Å². The summed E-state index contributed by atoms with van der Waals surface area (Å²) >= 11 is 4.76. The SMILES string of the molecule is CC(C)(C)O.Cc1cccc(-c2cn3c(n2)sc2cc(C(=O)O)ccc23)c1.Cc1cccc(-c2cn3c(n2)sc2cc(N)ccc23)c1.Cc1cccc(-c2cn3c(n2)sc2cc(NC(=O)OC(C)(C)C)ccc23)c1.[2H-].[Cl-]. The molecule has 75 heavy (non-hydrogen) atoms. The Balaban J connectivity index is 0.000000158. The number of anilines is 2. The maximum Gasteiger partial charge on any atom is 0.412 e. The summed E-state index contributed by atoms with van der Waals surface area (Å²) in [7, 11) is 0. The first-order valence-corrected chi connectivity index (χ1v) is 26.2. The van der Waals surface area contributed by atoms with Crippen LogP contribution in [0.15, 0.2) is 146 Å². The van der Waals surface area contributed by atoms with E-state index in [9.17, 15) is 9.59 Å². The summed E-state index contributed by atoms with van der Waals surface area (Å²) in [6.45, 7) is 17.0. The van der Waals surface area contributed by atoms with E-state index in [1.165, 1.54) is 32.7 Å². The molecule has 386 valence electrons. The molecule has 0 bridgehead atoms. The molecule has 17 heteroatoms. The molecule has 0 aliphatic carbocycles. The van der Waals surface area contributed by atoms with Crippen molar-refractivity contribution in [1.29, 1.82) is 0 Å². The highest BCUT2D eigenvalue weighted by atomic mass is 35.5. The van der Waals surface area contributed by atoms with Gasteiger partial charge in [-0.05, 0) is 135 Å². The van der Waals surface area contributed by atoms with Gasteiger partial charge in [0.05, 0.1) is 58.9 Å². The fourth-order valence-corrected chi connectivity index (χ4v) is 11.1. The van der Waals surface area contributed by atoms with Gasteiger partial charge in [0.2, 0.25) is 0 Å². The molecule has 13 nitrogen and oxygen atoms in total. The Hall–Kier alpha value is -7.60. The van der Waals surface area contributed by atoms with Gasteiger partial charge in [-0.15, -0.1) is 0 Å². The number of benzene rings is 6. The zero-order valence-electron chi connectivity index (χ0n) is 43.8. The number of nitrogen functional groups attached to an aromatic ring is 1. The van der Waals surface area contributed by atoms with Crippen molar-refractivity contribution >= 4 is 103 Å². The molecule has 6 aromatic heterocycles. The van der Waals surface area contributed by atoms with Gasteiger partial charge >= 0.3 is 12.1 Å². The van der Waals surface area contributed by atoms with Crippen LogP contribution < -0.4 is 23.5 Å². The van der Waals surface area contributed by atoms with Crippen LogP contribution in [0, 0.1) is 20.8 Å². The standard InChI is InChI=1S/C21H21N3O2S.C17H12N2O2S.C16H13N3S.C4H10O.ClH.H/c1-13-6-5-7-14(10-13)16-12-24-17-9-8-15(11-18(17)27-19(24)23-16)22-20(25)26-21(2,3)4;1-10-3-2-4-11(7-10)13-9-19-14-6-5-12(16(20)21)8-15(14)22-17(19)18-13;1-10-3-2-4-11(7-10)13-9-19-14-6-5-12(17)8-15(14)20-16(19)18-13;1-4(2,3)5;;/h5-12H,1-4H3,(H,22,25);2-9H,1H3,(H,20,21);2-9H,17H2,1H3;5H,1-3H3;1H;/q;;;;;-1/p-1/i;;;;;1+1. The summed E-state index contributed by atoms with van der Waals surface area (Å²) in [4.78, 5) is 40.0. The number of hydrogen-bond acceptors (Lipinski definition) is 11. The van der Waals surface area contributed by atoms with Gasteiger partial charge in [0, 0.05) is 46.7 Å². The van der Waals surface area contributed by atoms with Crippen LogP contribution in [-0.2, 0) is 4.74 Å². The number of rotatable bonds is 5. The maximum absolute atomic E-state index is 12.0. The maximum atomic E-state index is 12.0. The van der Waals surface area contributed by atoms with E-state index in [1.807, 2.05) is 86.0 Å². The van der Waals surface area contributed by atoms with Gasteiger partial charge in [-0.2, -0.15) is 0 Å². The van der Waals surface area contributed by atoms with E-state index in [2.05, 4.69) is 113 Å². The number of nitrogens with one attached hydrogen (secondary N) is 1. The van der Waals surface area contributed by atoms with Gasteiger partial charge in [-0.1, -0.05) is 105 Å². The minimum Gasteiger partial charge on any atom is -1.00 e. The van der Waals surface area contributed by atoms with Gasteiger partial charge < -0.3 is 34.5 Å². The molecule has 6 heterocycles. The number of halogens is 1. The van der Waals surface area contributed by atoms with Crippen LogP contribution in [0.2, 0.25) is 0 Å². The molecular formula is C58H57ClN8O5S3-2. The van der Waals surface area contributed by atoms with E-state index in [0.29, 0.717) is 11.3 Å². The van der Waals surface area contributed by atoms with E-state index >= 15 is 0 Å². The zero-order chi connectivity index (χ0) is 52.6. The number of nitrogens with two attached hydrogens (primary N) is 1. The van der Waals surface area contributed by atoms with Crippen LogP contribution >= 0.6 is 34.0 Å². The average molecular weight is 1080 g/mol. The van der Waals surface area contributed by atoms with Gasteiger partial charge in [0.1, 0.15) is 5.60 Å². The second-order valence-electron chi connectivity index (χ2n) is 19.9. The van der Waals surface area contributed by atoms with E-state index in [1.54, 1.807) is 55.6 Å². The van der Waals surface area contributed by atoms with Crippen LogP contribution in [-0.4, -0.2) is 61.6 Å². The van der Waals surface area contributed by atoms with Crippen molar-refractivity contribution in [2.75, 3.05) is 11.1 Å². The number of aryl methyl sites for hydroxylation is 3. The molecule has 0 atom stereocenters. The summed E-state index contributed by atoms with van der Waals surface area (Å²) < 4.78 is 14.7. The van der Waals surface area contributed by atoms with Crippen LogP contribution in [0.1, 0.15) is 70.0 Å². The number of ether oxygens (including phenoxy) is 1. The molecule has 0 radical (unpaired) electrons. The number of amides is 1. The topological polar surface area (TPSA) is 174 Å². The third-order valence-corrected chi connectivity index (χ3v) is 14.2. The first kappa shape index (κ1) is 53.7. The van der Waals surface area contributed by atoms with Gasteiger partial charge in [0.15, 0.2) is 14.9 Å². The minimum absolute atomic E-state index is 0. The number of fused-ring (bicyclic) bond motifs is 9. The van der Waals surface area contributed by atoms with Crippen LogP contribution in [0.4, 0.5) is 16.2 Å². The molecule has 1 amide bonds. The van der Waals surface area contributed by atoms with E-state index in [0.717, 1.165) is 80.3 Å². The van der Waals surface area contributed by atoms with E-state index < -0.39 is 23.3 Å². The van der Waals surface area contributed by atoms with Crippen molar-refractivity contribution in [3.63, 3.8) is 0 Å². The number of carbonyl (C=O) groups excluding carboxylic acids is 1. The lowest BCUT2D eigenvalue weighted by atomic mass is 10.1. The average Bonchev–Trinajstić information content (AvgIpc) is 4.17. The molecule has 0 unspecified atom stereocenters. The number of aromatic nitrogens is 6. The van der Waals surface area contributed by atoms with Crippen LogP contribution in [0.5, 0.6) is 0 Å². The lowest BCUT2D eigenvalue weighted by Crippen LogP contribution is -3.00. The minimum atomic E-state index is -0.909. The van der Waals surface area contributed by atoms with Crippen molar-refractivity contribution < 1.29 is 38.4 Å². The van der Waals surface area contributed by atoms with Crippen molar-refractivity contribution in [2.45, 2.75) is 73.5 Å². The number of thiazole rings is 3. The molecular weight excluding hydrogens is 1020 g/mol. The van der Waals surface area contributed by atoms with Crippen molar-refractivity contribution in [3.05, 3.63) is 168 Å². The molecule has 12 rings (SSSR count). The normalized spacial score (nSPS) is 11.4. The molecule has 0 saturated carbocycles. The summed E-state index contributed by atoms with van der Waals surface area (Å²) in [5.41, 5.74) is 19.7. The number of carboxylic acid groups (broad SMARTS) is 1. The molecule has 0 fully saturated rings. The highest BCUT2D eigenvalue weighted by molar-refractivity contribution is 7.24. The number of carboxylic acids is 1. The first-order valence-electron chi connectivity index (χ1n) is 23.8. The monoisotopic (exact) mass is 1080 g/mol. The second-order valence-corrected chi connectivity index (χ2v) is 23.0. The number of hydrogen-bond donors (Lipinski definition) is 4. The summed E-state index contributed by atoms with van der Waals surface area (Å²) in [6.07, 6.45) is 5.71. The fourth-order valence-electron chi connectivity index (χ4n) is 7.98. The molecule has 12 aromatic rings. The molecule has 0 aliphatic rings. The second kappa shape index (κ2) is 21.7. The van der Waals surface area contributed by atoms with Gasteiger partial charge in [-0.3, -0.25) is 18.5 Å². The summed E-state index contributed by atoms with van der Waals surface area (Å²) in [5, 5.41) is 20.4. The van der Waals surface area contributed by atoms with Crippen LogP contribution in [0.25, 0.3) is 79.3 Å². The van der Waals surface area contributed by atoms with Crippen molar-refractivity contribution in [1.82, 2.24) is 28.2 Å². The highest BCUT2D eigenvalue weighted by Crippen LogP contribution is 2.34. The Morgan fingerprint density at radius 1 is 0.573 bits per heavy atom. The largest absolute Gasteiger partial charge is 1.00 e. The number of imidazole rings is 3. The Kier molecular flexibility index (Phi) is 15.5. The van der Waals surface area contributed by atoms with Gasteiger partial charge in [-0.25, -0.2) is 24.5 Å². The summed E-state index contributed by atoms with van der Waals surface area (Å²) in [6, 6.07) is 42.0. The number of aliphatic hydroxyl groups is 1. The highest BCUT2D eigenvalue weighted by Gasteiger charge is 2.18. The molecule has 0 saturated heterocycles. The lowest BCUT2D eigenvalue weighted by molar-refractivity contribution is -0.0000538.